The summed E-state index contributed by atoms with van der Waals surface area (Å²) in [4.78, 5) is 36.2. The molecule has 4 heterocycles. The van der Waals surface area contributed by atoms with E-state index in [0.29, 0.717) is 32.7 Å². The molecule has 164 valence electrons. The summed E-state index contributed by atoms with van der Waals surface area (Å²) in [5.74, 6) is -0.0832. The summed E-state index contributed by atoms with van der Waals surface area (Å²) in [5, 5.41) is 1.13. The van der Waals surface area contributed by atoms with Gasteiger partial charge in [-0.15, -0.1) is 0 Å². The minimum absolute atomic E-state index is 0.0832. The second-order valence-corrected chi connectivity index (χ2v) is 8.73. The Morgan fingerprint density at radius 1 is 0.938 bits per heavy atom. The highest BCUT2D eigenvalue weighted by molar-refractivity contribution is 6.05. The fourth-order valence-corrected chi connectivity index (χ4v) is 5.38. The van der Waals surface area contributed by atoms with Crippen molar-refractivity contribution in [2.24, 2.45) is 0 Å². The SMILES string of the molecule is O=C1[C@@H]2Cc3c([nH]c4ccccc34)[C@H](c3ccccc3)N2C(=O)N1CCN1CCOCC1. The van der Waals surface area contributed by atoms with Gasteiger partial charge in [0.15, 0.2) is 0 Å². The lowest BCUT2D eigenvalue weighted by atomic mass is 9.89. The maximum Gasteiger partial charge on any atom is 0.328 e. The van der Waals surface area contributed by atoms with Crippen molar-refractivity contribution in [1.29, 1.82) is 0 Å². The molecule has 2 saturated heterocycles. The zero-order valence-electron chi connectivity index (χ0n) is 17.9. The van der Waals surface area contributed by atoms with Gasteiger partial charge in [-0.1, -0.05) is 48.5 Å². The third-order valence-corrected chi connectivity index (χ3v) is 6.99. The molecule has 1 aromatic heterocycles. The molecule has 3 aliphatic rings. The Bertz CT molecular complexity index is 1170. The van der Waals surface area contributed by atoms with Gasteiger partial charge in [0.25, 0.3) is 5.91 Å². The van der Waals surface area contributed by atoms with E-state index in [2.05, 4.69) is 22.0 Å². The summed E-state index contributed by atoms with van der Waals surface area (Å²) >= 11 is 0. The van der Waals surface area contributed by atoms with Crippen LogP contribution in [0.1, 0.15) is 22.9 Å². The first-order chi connectivity index (χ1) is 15.7. The number of hydrogen-bond donors (Lipinski definition) is 1. The highest BCUT2D eigenvalue weighted by Gasteiger charge is 2.52. The second-order valence-electron chi connectivity index (χ2n) is 8.73. The van der Waals surface area contributed by atoms with E-state index >= 15 is 0 Å². The fourth-order valence-electron chi connectivity index (χ4n) is 5.38. The van der Waals surface area contributed by atoms with Crippen LogP contribution in [0.4, 0.5) is 4.79 Å². The lowest BCUT2D eigenvalue weighted by Crippen LogP contribution is -2.44. The number of morpholine rings is 1. The maximum atomic E-state index is 13.6. The third kappa shape index (κ3) is 3.04. The zero-order valence-corrected chi connectivity index (χ0v) is 17.9. The molecule has 0 aliphatic carbocycles. The van der Waals surface area contributed by atoms with E-state index < -0.39 is 6.04 Å². The van der Waals surface area contributed by atoms with Crippen molar-refractivity contribution in [3.63, 3.8) is 0 Å². The number of carbonyl (C=O) groups excluding carboxylic acids is 2. The van der Waals surface area contributed by atoms with Crippen molar-refractivity contribution >= 4 is 22.8 Å². The van der Waals surface area contributed by atoms with Crippen LogP contribution in [0.15, 0.2) is 54.6 Å². The summed E-state index contributed by atoms with van der Waals surface area (Å²) in [6.07, 6.45) is 0.543. The van der Waals surface area contributed by atoms with Crippen molar-refractivity contribution in [3.05, 3.63) is 71.4 Å². The van der Waals surface area contributed by atoms with Gasteiger partial charge in [-0.05, 0) is 17.2 Å². The van der Waals surface area contributed by atoms with Crippen LogP contribution in [0.5, 0.6) is 0 Å². The number of para-hydroxylation sites is 1. The maximum absolute atomic E-state index is 13.6. The van der Waals surface area contributed by atoms with E-state index in [0.717, 1.165) is 40.8 Å². The first kappa shape index (κ1) is 19.5. The molecule has 3 amide bonds. The van der Waals surface area contributed by atoms with Gasteiger partial charge in [0.05, 0.1) is 13.2 Å². The number of rotatable bonds is 4. The number of aromatic nitrogens is 1. The fraction of sp³-hybridized carbons (Fsp3) is 0.360. The zero-order chi connectivity index (χ0) is 21.7. The normalized spacial score (nSPS) is 23.6. The molecule has 0 saturated carbocycles. The van der Waals surface area contributed by atoms with Crippen molar-refractivity contribution < 1.29 is 14.3 Å². The van der Waals surface area contributed by atoms with E-state index in [1.807, 2.05) is 42.5 Å². The average Bonchev–Trinajstić information content (AvgIpc) is 3.32. The summed E-state index contributed by atoms with van der Waals surface area (Å²) in [7, 11) is 0. The highest BCUT2D eigenvalue weighted by atomic mass is 16.5. The molecule has 2 fully saturated rings. The first-order valence-corrected chi connectivity index (χ1v) is 11.3. The standard InChI is InChI=1S/C25H26N4O3/c30-24-21-16-19-18-8-4-5-9-20(18)26-22(19)23(17-6-2-1-3-7-17)29(21)25(31)28(24)11-10-27-12-14-32-15-13-27/h1-9,21,23,26H,10-16H2/t21-,23-/m0/s1. The number of imide groups is 1. The number of urea groups is 1. The summed E-state index contributed by atoms with van der Waals surface area (Å²) in [6.45, 7) is 4.19. The summed E-state index contributed by atoms with van der Waals surface area (Å²) < 4.78 is 5.42. The summed E-state index contributed by atoms with van der Waals surface area (Å²) in [5.41, 5.74) is 4.22. The van der Waals surface area contributed by atoms with Crippen LogP contribution in [-0.4, -0.2) is 77.1 Å². The van der Waals surface area contributed by atoms with Gasteiger partial charge in [0, 0.05) is 49.2 Å². The van der Waals surface area contributed by atoms with Crippen molar-refractivity contribution in [3.8, 4) is 0 Å². The third-order valence-electron chi connectivity index (χ3n) is 6.99. The topological polar surface area (TPSA) is 68.9 Å². The number of fused-ring (bicyclic) bond motifs is 4. The quantitative estimate of drug-likeness (QED) is 0.647. The number of nitrogens with zero attached hydrogens (tertiary/aromatic N) is 3. The van der Waals surface area contributed by atoms with Gasteiger partial charge in [-0.2, -0.15) is 0 Å². The highest BCUT2D eigenvalue weighted by Crippen LogP contribution is 2.43. The van der Waals surface area contributed by atoms with Crippen LogP contribution in [0.2, 0.25) is 0 Å². The molecule has 0 bridgehead atoms. The molecule has 0 unspecified atom stereocenters. The van der Waals surface area contributed by atoms with Crippen LogP contribution < -0.4 is 0 Å². The van der Waals surface area contributed by atoms with Crippen molar-refractivity contribution in [2.75, 3.05) is 39.4 Å². The van der Waals surface area contributed by atoms with E-state index in [-0.39, 0.29) is 18.0 Å². The Kier molecular flexibility index (Phi) is 4.73. The molecular formula is C25H26N4O3. The van der Waals surface area contributed by atoms with Crippen LogP contribution in [0.3, 0.4) is 0 Å². The lowest BCUT2D eigenvalue weighted by Gasteiger charge is -2.36. The molecular weight excluding hydrogens is 404 g/mol. The summed E-state index contributed by atoms with van der Waals surface area (Å²) in [6, 6.07) is 17.2. The number of nitrogens with one attached hydrogen (secondary N) is 1. The number of amides is 3. The molecule has 1 N–H and O–H groups in total. The lowest BCUT2D eigenvalue weighted by molar-refractivity contribution is -0.128. The van der Waals surface area contributed by atoms with Gasteiger partial charge >= 0.3 is 6.03 Å². The molecule has 3 aliphatic heterocycles. The average molecular weight is 431 g/mol. The van der Waals surface area contributed by atoms with E-state index in [1.165, 1.54) is 4.90 Å². The molecule has 3 aromatic rings. The molecule has 2 aromatic carbocycles. The number of benzene rings is 2. The Labute approximate surface area is 186 Å². The Morgan fingerprint density at radius 3 is 2.50 bits per heavy atom. The van der Waals surface area contributed by atoms with Crippen LogP contribution in [0.25, 0.3) is 10.9 Å². The van der Waals surface area contributed by atoms with Gasteiger partial charge in [-0.25, -0.2) is 4.79 Å². The molecule has 6 rings (SSSR count). The largest absolute Gasteiger partial charge is 0.379 e. The first-order valence-electron chi connectivity index (χ1n) is 11.3. The number of aromatic amines is 1. The number of H-pyrrole nitrogens is 1. The second kappa shape index (κ2) is 7.76. The Morgan fingerprint density at radius 2 is 1.69 bits per heavy atom. The molecule has 0 spiro atoms. The predicted octanol–water partition coefficient (Wildman–Crippen LogP) is 2.78. The molecule has 7 nitrogen and oxygen atoms in total. The Balaban J connectivity index is 1.38. The smallest absolute Gasteiger partial charge is 0.328 e. The van der Waals surface area contributed by atoms with Crippen LogP contribution >= 0.6 is 0 Å². The van der Waals surface area contributed by atoms with Crippen LogP contribution in [0, 0.1) is 0 Å². The minimum atomic E-state index is -0.468. The van der Waals surface area contributed by atoms with E-state index in [9.17, 15) is 9.59 Å². The number of ether oxygens (including phenoxy) is 1. The predicted molar refractivity (Wildman–Crippen MR) is 120 cm³/mol. The molecule has 2 atom stereocenters. The van der Waals surface area contributed by atoms with Crippen LogP contribution in [-0.2, 0) is 16.0 Å². The van der Waals surface area contributed by atoms with Gasteiger partial charge in [-0.3, -0.25) is 19.5 Å². The van der Waals surface area contributed by atoms with Gasteiger partial charge in [0.2, 0.25) is 0 Å². The molecule has 32 heavy (non-hydrogen) atoms. The van der Waals surface area contributed by atoms with Gasteiger partial charge < -0.3 is 9.72 Å². The van der Waals surface area contributed by atoms with Crippen molar-refractivity contribution in [2.45, 2.75) is 18.5 Å². The van der Waals surface area contributed by atoms with E-state index in [1.54, 1.807) is 4.90 Å². The molecule has 0 radical (unpaired) electrons. The number of carbonyl (C=O) groups is 2. The monoisotopic (exact) mass is 430 g/mol. The molecule has 7 heteroatoms. The Hall–Kier alpha value is -3.16. The number of hydrogen-bond acceptors (Lipinski definition) is 4. The minimum Gasteiger partial charge on any atom is -0.379 e. The van der Waals surface area contributed by atoms with E-state index in [4.69, 9.17) is 4.74 Å². The van der Waals surface area contributed by atoms with Gasteiger partial charge in [0.1, 0.15) is 12.1 Å². The van der Waals surface area contributed by atoms with Crippen molar-refractivity contribution in [1.82, 2.24) is 19.7 Å².